The first-order valence-electron chi connectivity index (χ1n) is 10.2. The molecule has 172 valence electrons. The van der Waals surface area contributed by atoms with Crippen molar-refractivity contribution >= 4 is 22.5 Å². The molecule has 0 radical (unpaired) electrons. The number of hydrogen-bond donors (Lipinski definition) is 0. The summed E-state index contributed by atoms with van der Waals surface area (Å²) >= 11 is 0. The molecule has 0 aliphatic carbocycles. The molecule has 1 atom stereocenters. The highest BCUT2D eigenvalue weighted by Gasteiger charge is 2.58. The van der Waals surface area contributed by atoms with Gasteiger partial charge in [-0.2, -0.15) is 26.3 Å². The topological polar surface area (TPSA) is 12.5 Å². The van der Waals surface area contributed by atoms with Gasteiger partial charge in [0.2, 0.25) is 5.72 Å². The molecule has 1 spiro atoms. The average molecular weight is 463 g/mol. The average Bonchev–Trinajstić information content (AvgIpc) is 2.90. The fraction of sp³-hybridized carbons (Fsp3) is 0.280. The van der Waals surface area contributed by atoms with Gasteiger partial charge in [-0.3, -0.25) is 0 Å². The number of hydrogen-bond acceptors (Lipinski definition) is 2. The molecular formula is C25H19F6NO. The molecule has 0 bridgehead atoms. The standard InChI is InChI=1S/C25H19F6NO/c1-22(2)19-13-16(25(29,30)31)6-8-20(19)32(3)23(22)11-10-18-17-7-5-15(24(26,27)28)12-14(17)4-9-21(18)33-23/h4-13H,1-3H3. The van der Waals surface area contributed by atoms with Crippen LogP contribution in [0.3, 0.4) is 0 Å². The quantitative estimate of drug-likeness (QED) is 0.322. The molecule has 5 rings (SSSR count). The van der Waals surface area contributed by atoms with Gasteiger partial charge in [-0.05, 0) is 78.7 Å². The van der Waals surface area contributed by atoms with E-state index < -0.39 is 34.6 Å². The number of benzene rings is 3. The van der Waals surface area contributed by atoms with E-state index in [0.717, 1.165) is 24.3 Å². The van der Waals surface area contributed by atoms with E-state index in [0.29, 0.717) is 33.3 Å². The van der Waals surface area contributed by atoms with Gasteiger partial charge in [0, 0.05) is 18.3 Å². The zero-order chi connectivity index (χ0) is 24.0. The van der Waals surface area contributed by atoms with E-state index in [9.17, 15) is 26.3 Å². The number of rotatable bonds is 0. The van der Waals surface area contributed by atoms with Gasteiger partial charge in [-0.15, -0.1) is 0 Å². The van der Waals surface area contributed by atoms with Gasteiger partial charge in [0.05, 0.1) is 16.5 Å². The first-order valence-corrected chi connectivity index (χ1v) is 10.2. The summed E-state index contributed by atoms with van der Waals surface area (Å²) in [6.07, 6.45) is -5.36. The molecule has 8 heteroatoms. The van der Waals surface area contributed by atoms with Gasteiger partial charge in [-0.25, -0.2) is 0 Å². The molecule has 3 aromatic rings. The third-order valence-corrected chi connectivity index (χ3v) is 6.84. The fourth-order valence-corrected chi connectivity index (χ4v) is 4.98. The van der Waals surface area contributed by atoms with Crippen LogP contribution in [0.5, 0.6) is 5.75 Å². The molecule has 33 heavy (non-hydrogen) atoms. The van der Waals surface area contributed by atoms with Crippen molar-refractivity contribution in [2.75, 3.05) is 11.9 Å². The van der Waals surface area contributed by atoms with Crippen LogP contribution in [0.1, 0.15) is 36.1 Å². The predicted molar refractivity (Wildman–Crippen MR) is 114 cm³/mol. The summed E-state index contributed by atoms with van der Waals surface area (Å²) < 4.78 is 85.8. The number of halogens is 6. The van der Waals surface area contributed by atoms with Gasteiger partial charge >= 0.3 is 12.4 Å². The maximum Gasteiger partial charge on any atom is 0.416 e. The molecule has 0 N–H and O–H groups in total. The van der Waals surface area contributed by atoms with Crippen molar-refractivity contribution in [1.82, 2.24) is 0 Å². The first-order chi connectivity index (χ1) is 15.3. The summed E-state index contributed by atoms with van der Waals surface area (Å²) in [5.74, 6) is 0.452. The van der Waals surface area contributed by atoms with Crippen molar-refractivity contribution in [2.24, 2.45) is 0 Å². The van der Waals surface area contributed by atoms with Crippen LogP contribution in [0.15, 0.2) is 54.6 Å². The number of nitrogens with zero attached hydrogens (tertiary/aromatic N) is 1. The number of alkyl halides is 6. The highest BCUT2D eigenvalue weighted by Crippen LogP contribution is 2.55. The Morgan fingerprint density at radius 3 is 2.12 bits per heavy atom. The lowest BCUT2D eigenvalue weighted by Gasteiger charge is -2.46. The van der Waals surface area contributed by atoms with Crippen molar-refractivity contribution in [1.29, 1.82) is 0 Å². The molecule has 2 aliphatic heterocycles. The van der Waals surface area contributed by atoms with Crippen molar-refractivity contribution < 1.29 is 31.1 Å². The Kier molecular flexibility index (Phi) is 4.24. The third-order valence-electron chi connectivity index (χ3n) is 6.84. The van der Waals surface area contributed by atoms with Crippen LogP contribution in [0, 0.1) is 0 Å². The fourth-order valence-electron chi connectivity index (χ4n) is 4.98. The lowest BCUT2D eigenvalue weighted by molar-refractivity contribution is -0.138. The van der Waals surface area contributed by atoms with Crippen molar-refractivity contribution in [3.05, 3.63) is 76.9 Å². The minimum atomic E-state index is -4.47. The van der Waals surface area contributed by atoms with Crippen LogP contribution in [0.25, 0.3) is 16.8 Å². The number of likely N-dealkylation sites (N-methyl/N-ethyl adjacent to an activating group) is 1. The summed E-state index contributed by atoms with van der Waals surface area (Å²) in [7, 11) is 1.76. The van der Waals surface area contributed by atoms with Crippen LogP contribution in [0.4, 0.5) is 32.0 Å². The summed E-state index contributed by atoms with van der Waals surface area (Å²) in [5, 5.41) is 1.02. The summed E-state index contributed by atoms with van der Waals surface area (Å²) in [4.78, 5) is 1.80. The maximum absolute atomic E-state index is 13.4. The minimum absolute atomic E-state index is 0.421. The monoisotopic (exact) mass is 463 g/mol. The Hall–Kier alpha value is -3.16. The van der Waals surface area contributed by atoms with E-state index >= 15 is 0 Å². The molecule has 2 heterocycles. The molecule has 2 nitrogen and oxygen atoms in total. The second-order valence-electron chi connectivity index (χ2n) is 8.96. The highest BCUT2D eigenvalue weighted by atomic mass is 19.4. The zero-order valence-electron chi connectivity index (χ0n) is 17.9. The Bertz CT molecular complexity index is 1320. The molecule has 2 aliphatic rings. The lowest BCUT2D eigenvalue weighted by Crippen LogP contribution is -2.58. The lowest BCUT2D eigenvalue weighted by atomic mass is 9.76. The highest BCUT2D eigenvalue weighted by molar-refractivity contribution is 5.94. The van der Waals surface area contributed by atoms with Gasteiger partial charge in [-0.1, -0.05) is 12.1 Å². The summed E-state index contributed by atoms with van der Waals surface area (Å²) in [6, 6.07) is 10.4. The molecule has 0 fully saturated rings. The van der Waals surface area contributed by atoms with E-state index in [2.05, 4.69) is 0 Å². The molecule has 1 unspecified atom stereocenters. The zero-order valence-corrected chi connectivity index (χ0v) is 17.9. The summed E-state index contributed by atoms with van der Waals surface area (Å²) in [6.45, 7) is 3.64. The van der Waals surface area contributed by atoms with E-state index in [4.69, 9.17) is 4.74 Å². The molecule has 3 aromatic carbocycles. The van der Waals surface area contributed by atoms with E-state index in [1.165, 1.54) is 12.1 Å². The van der Waals surface area contributed by atoms with Crippen molar-refractivity contribution in [2.45, 2.75) is 37.3 Å². The van der Waals surface area contributed by atoms with Crippen LogP contribution < -0.4 is 9.64 Å². The molecule has 0 saturated heterocycles. The Morgan fingerprint density at radius 2 is 1.45 bits per heavy atom. The maximum atomic E-state index is 13.4. The molecule has 0 aromatic heterocycles. The second-order valence-corrected chi connectivity index (χ2v) is 8.96. The third kappa shape index (κ3) is 2.96. The van der Waals surface area contributed by atoms with Crippen LogP contribution in [-0.2, 0) is 17.8 Å². The van der Waals surface area contributed by atoms with Gasteiger partial charge < -0.3 is 9.64 Å². The predicted octanol–water partition coefficient (Wildman–Crippen LogP) is 7.41. The van der Waals surface area contributed by atoms with Gasteiger partial charge in [0.1, 0.15) is 5.75 Å². The van der Waals surface area contributed by atoms with Crippen LogP contribution >= 0.6 is 0 Å². The van der Waals surface area contributed by atoms with Gasteiger partial charge in [0.25, 0.3) is 0 Å². The largest absolute Gasteiger partial charge is 0.463 e. The summed E-state index contributed by atoms with van der Waals surface area (Å²) in [5.41, 5.74) is -1.68. The van der Waals surface area contributed by atoms with Gasteiger partial charge in [0.15, 0.2) is 0 Å². The number of anilines is 1. The van der Waals surface area contributed by atoms with Crippen LogP contribution in [0.2, 0.25) is 0 Å². The normalized spacial score (nSPS) is 21.3. The SMILES string of the molecule is CN1c2ccc(C(F)(F)F)cc2C(C)(C)C12C=Cc1c(ccc3cc(C(F)(F)F)ccc13)O2. The minimum Gasteiger partial charge on any atom is -0.463 e. The van der Waals surface area contributed by atoms with E-state index in [-0.39, 0.29) is 0 Å². The Morgan fingerprint density at radius 1 is 0.818 bits per heavy atom. The van der Waals surface area contributed by atoms with E-state index in [1.54, 1.807) is 36.2 Å². The number of fused-ring (bicyclic) bond motifs is 4. The second kappa shape index (κ2) is 6.46. The molecular weight excluding hydrogens is 444 g/mol. The smallest absolute Gasteiger partial charge is 0.416 e. The van der Waals surface area contributed by atoms with Crippen LogP contribution in [-0.4, -0.2) is 12.8 Å². The Labute approximate surface area is 186 Å². The Balaban J connectivity index is 1.62. The van der Waals surface area contributed by atoms with Crippen molar-refractivity contribution in [3.8, 4) is 5.75 Å². The first kappa shape index (κ1) is 21.7. The number of ether oxygens (including phenoxy) is 1. The van der Waals surface area contributed by atoms with Crippen molar-refractivity contribution in [3.63, 3.8) is 0 Å². The van der Waals surface area contributed by atoms with E-state index in [1.807, 2.05) is 13.8 Å². The molecule has 0 amide bonds. The molecule has 0 saturated carbocycles.